The number of carbonyl (C=O) groups excluding carboxylic acids is 1. The lowest BCUT2D eigenvalue weighted by Gasteiger charge is -2.18. The number of aromatic hydroxyl groups is 1. The van der Waals surface area contributed by atoms with Crippen molar-refractivity contribution in [1.82, 2.24) is 0 Å². The monoisotopic (exact) mass is 284 g/mol. The Labute approximate surface area is 119 Å². The van der Waals surface area contributed by atoms with E-state index in [9.17, 15) is 9.90 Å². The molecule has 0 saturated carbocycles. The molecule has 0 fully saturated rings. The molecule has 1 aromatic carbocycles. The highest BCUT2D eigenvalue weighted by Gasteiger charge is 2.25. The van der Waals surface area contributed by atoms with Crippen molar-refractivity contribution in [2.24, 2.45) is 0 Å². The van der Waals surface area contributed by atoms with Gasteiger partial charge >= 0.3 is 5.97 Å². The zero-order valence-corrected chi connectivity index (χ0v) is 12.7. The van der Waals surface area contributed by atoms with Gasteiger partial charge in [-0.1, -0.05) is 32.4 Å². The number of hydrogen-bond acceptors (Lipinski definition) is 3. The minimum absolute atomic E-state index is 0.0269. The molecular weight excluding hydrogens is 264 g/mol. The minimum Gasteiger partial charge on any atom is -0.507 e. The van der Waals surface area contributed by atoms with Gasteiger partial charge in [-0.3, -0.25) is 0 Å². The molecule has 1 rings (SSSR count). The zero-order valence-electron chi connectivity index (χ0n) is 12.0. The van der Waals surface area contributed by atoms with Gasteiger partial charge in [0.2, 0.25) is 0 Å². The summed E-state index contributed by atoms with van der Waals surface area (Å²) in [5, 5.41) is 11.0. The Balaban J connectivity index is 3.61. The fourth-order valence-corrected chi connectivity index (χ4v) is 2.84. The highest BCUT2D eigenvalue weighted by Crippen LogP contribution is 2.37. The average Bonchev–Trinajstić information content (AvgIpc) is 2.39. The molecule has 0 bridgehead atoms. The Morgan fingerprint density at radius 2 is 1.58 bits per heavy atom. The Kier molecular flexibility index (Phi) is 5.67. The molecule has 0 heterocycles. The van der Waals surface area contributed by atoms with E-state index in [0.29, 0.717) is 23.4 Å². The largest absolute Gasteiger partial charge is 0.507 e. The number of hydrogen-bond donors (Lipinski definition) is 1. The minimum atomic E-state index is -0.504. The van der Waals surface area contributed by atoms with E-state index in [4.69, 9.17) is 16.3 Å². The number of esters is 1. The highest BCUT2D eigenvalue weighted by molar-refractivity contribution is 6.33. The zero-order chi connectivity index (χ0) is 14.6. The van der Waals surface area contributed by atoms with Crippen LogP contribution in [-0.2, 0) is 24.0 Å². The van der Waals surface area contributed by atoms with Crippen molar-refractivity contribution in [3.8, 4) is 5.75 Å². The molecule has 106 valence electrons. The summed E-state index contributed by atoms with van der Waals surface area (Å²) in [4.78, 5) is 12.0. The van der Waals surface area contributed by atoms with Crippen molar-refractivity contribution in [1.29, 1.82) is 0 Å². The summed E-state index contributed by atoms with van der Waals surface area (Å²) in [5.74, 6) is -0.477. The molecule has 4 heteroatoms. The van der Waals surface area contributed by atoms with Crippen LogP contribution >= 0.6 is 11.6 Å². The number of phenolic OH excluding ortho intramolecular Hbond substituents is 1. The van der Waals surface area contributed by atoms with E-state index in [-0.39, 0.29) is 17.9 Å². The molecular formula is C15H21ClO3. The summed E-state index contributed by atoms with van der Waals surface area (Å²) >= 11 is 6.40. The molecule has 0 radical (unpaired) electrons. The van der Waals surface area contributed by atoms with E-state index in [0.717, 1.165) is 17.5 Å². The van der Waals surface area contributed by atoms with Crippen LogP contribution < -0.4 is 0 Å². The second-order valence-corrected chi connectivity index (χ2v) is 4.63. The first kappa shape index (κ1) is 15.8. The third-order valence-corrected chi connectivity index (χ3v) is 3.72. The number of ether oxygens (including phenoxy) is 1. The van der Waals surface area contributed by atoms with Gasteiger partial charge in [0, 0.05) is 5.02 Å². The van der Waals surface area contributed by atoms with E-state index in [1.165, 1.54) is 0 Å². The molecule has 19 heavy (non-hydrogen) atoms. The van der Waals surface area contributed by atoms with Crippen molar-refractivity contribution in [2.45, 2.75) is 47.0 Å². The average molecular weight is 285 g/mol. The number of halogens is 1. The van der Waals surface area contributed by atoms with Crippen molar-refractivity contribution >= 4 is 17.6 Å². The van der Waals surface area contributed by atoms with Crippen LogP contribution in [-0.4, -0.2) is 17.7 Å². The molecule has 0 aliphatic carbocycles. The van der Waals surface area contributed by atoms with Crippen LogP contribution in [0.15, 0.2) is 0 Å². The summed E-state index contributed by atoms with van der Waals surface area (Å²) < 4.78 is 5.02. The van der Waals surface area contributed by atoms with Gasteiger partial charge < -0.3 is 9.84 Å². The molecule has 0 atom stereocenters. The van der Waals surface area contributed by atoms with E-state index < -0.39 is 5.97 Å². The van der Waals surface area contributed by atoms with Gasteiger partial charge in [0.1, 0.15) is 11.3 Å². The lowest BCUT2D eigenvalue weighted by atomic mass is 9.92. The maximum atomic E-state index is 12.0. The van der Waals surface area contributed by atoms with Gasteiger partial charge in [0.25, 0.3) is 0 Å². The molecule has 0 aliphatic heterocycles. The molecule has 1 aromatic rings. The van der Waals surface area contributed by atoms with Crippen LogP contribution in [0.5, 0.6) is 5.75 Å². The number of phenols is 1. The first-order chi connectivity index (χ1) is 9.03. The van der Waals surface area contributed by atoms with Crippen LogP contribution in [0.4, 0.5) is 0 Å². The van der Waals surface area contributed by atoms with E-state index in [2.05, 4.69) is 0 Å². The second-order valence-electron chi connectivity index (χ2n) is 4.25. The Hall–Kier alpha value is -1.22. The van der Waals surface area contributed by atoms with Gasteiger partial charge in [0.15, 0.2) is 0 Å². The number of benzene rings is 1. The standard InChI is InChI=1S/C15H21ClO3/c1-5-9-10(6-2)14(17)12(15(18)19-8-4)11(7-3)13(9)16/h17H,5-8H2,1-4H3. The lowest BCUT2D eigenvalue weighted by Crippen LogP contribution is -2.12. The van der Waals surface area contributed by atoms with Crippen molar-refractivity contribution in [3.05, 3.63) is 27.3 Å². The maximum absolute atomic E-state index is 12.0. The molecule has 0 saturated heterocycles. The topological polar surface area (TPSA) is 46.5 Å². The molecule has 0 aliphatic rings. The van der Waals surface area contributed by atoms with Crippen LogP contribution in [0.3, 0.4) is 0 Å². The van der Waals surface area contributed by atoms with Crippen LogP contribution in [0.25, 0.3) is 0 Å². The first-order valence-electron chi connectivity index (χ1n) is 6.75. The predicted molar refractivity (Wildman–Crippen MR) is 77.2 cm³/mol. The summed E-state index contributed by atoms with van der Waals surface area (Å²) in [6.45, 7) is 7.85. The first-order valence-corrected chi connectivity index (χ1v) is 7.13. The van der Waals surface area contributed by atoms with E-state index in [1.807, 2.05) is 20.8 Å². The van der Waals surface area contributed by atoms with E-state index in [1.54, 1.807) is 6.92 Å². The predicted octanol–water partition coefficient (Wildman–Crippen LogP) is 3.91. The fourth-order valence-electron chi connectivity index (χ4n) is 2.37. The molecule has 0 spiro atoms. The SMILES string of the molecule is CCOC(=O)c1c(O)c(CC)c(CC)c(Cl)c1CC. The Morgan fingerprint density at radius 3 is 2.00 bits per heavy atom. The van der Waals surface area contributed by atoms with E-state index >= 15 is 0 Å². The second kappa shape index (κ2) is 6.80. The van der Waals surface area contributed by atoms with Crippen molar-refractivity contribution in [2.75, 3.05) is 6.61 Å². The van der Waals surface area contributed by atoms with Crippen LogP contribution in [0, 0.1) is 0 Å². The van der Waals surface area contributed by atoms with Gasteiger partial charge in [-0.25, -0.2) is 4.79 Å². The Morgan fingerprint density at radius 1 is 1.05 bits per heavy atom. The van der Waals surface area contributed by atoms with Crippen molar-refractivity contribution in [3.63, 3.8) is 0 Å². The van der Waals surface area contributed by atoms with Gasteiger partial charge in [0.05, 0.1) is 6.61 Å². The molecule has 0 amide bonds. The Bertz CT molecular complexity index is 481. The van der Waals surface area contributed by atoms with Gasteiger partial charge in [-0.2, -0.15) is 0 Å². The summed E-state index contributed by atoms with van der Waals surface area (Å²) in [5.41, 5.74) is 2.56. The lowest BCUT2D eigenvalue weighted by molar-refractivity contribution is 0.0521. The number of carbonyl (C=O) groups is 1. The highest BCUT2D eigenvalue weighted by atomic mass is 35.5. The normalized spacial score (nSPS) is 10.6. The quantitative estimate of drug-likeness (QED) is 0.834. The third-order valence-electron chi connectivity index (χ3n) is 3.26. The summed E-state index contributed by atoms with van der Waals surface area (Å²) in [6, 6.07) is 0. The molecule has 0 unspecified atom stereocenters. The van der Waals surface area contributed by atoms with Crippen LogP contribution in [0.2, 0.25) is 5.02 Å². The third kappa shape index (κ3) is 2.86. The molecule has 3 nitrogen and oxygen atoms in total. The molecule has 0 aromatic heterocycles. The fraction of sp³-hybridized carbons (Fsp3) is 0.533. The van der Waals surface area contributed by atoms with Crippen molar-refractivity contribution < 1.29 is 14.6 Å². The van der Waals surface area contributed by atoms with Gasteiger partial charge in [-0.05, 0) is 42.9 Å². The van der Waals surface area contributed by atoms with Crippen LogP contribution in [0.1, 0.15) is 54.7 Å². The smallest absolute Gasteiger partial charge is 0.342 e. The maximum Gasteiger partial charge on any atom is 0.342 e. The van der Waals surface area contributed by atoms with Gasteiger partial charge in [-0.15, -0.1) is 0 Å². The number of rotatable bonds is 5. The molecule has 1 N–H and O–H groups in total. The summed E-state index contributed by atoms with van der Waals surface area (Å²) in [7, 11) is 0. The summed E-state index contributed by atoms with van der Waals surface area (Å²) in [6.07, 6.45) is 1.94.